The molecule has 1 aromatic heterocycles. The molecule has 0 bridgehead atoms. The lowest BCUT2D eigenvalue weighted by Gasteiger charge is -2.16. The molecule has 122 valence electrons. The van der Waals surface area contributed by atoms with Gasteiger partial charge in [-0.05, 0) is 42.4 Å². The fourth-order valence-corrected chi connectivity index (χ4v) is 2.38. The molecular weight excluding hydrogens is 399 g/mol. The lowest BCUT2D eigenvalue weighted by Crippen LogP contribution is -2.38. The molecule has 1 heterocycles. The zero-order valence-corrected chi connectivity index (χ0v) is 16.2. The summed E-state index contributed by atoms with van der Waals surface area (Å²) >= 11 is 1.71. The largest absolute Gasteiger partial charge is 0.383 e. The Morgan fingerprint density at radius 1 is 1.38 bits per heavy atom. The van der Waals surface area contributed by atoms with E-state index in [1.165, 1.54) is 5.56 Å². The molecule has 1 rings (SSSR count). The van der Waals surface area contributed by atoms with Crippen LogP contribution in [0.2, 0.25) is 0 Å². The van der Waals surface area contributed by atoms with Crippen molar-refractivity contribution in [1.82, 2.24) is 15.5 Å². The first kappa shape index (κ1) is 20.6. The summed E-state index contributed by atoms with van der Waals surface area (Å²) in [5.74, 6) is 0.857. The molecule has 0 amide bonds. The van der Waals surface area contributed by atoms with Crippen LogP contribution in [-0.4, -0.2) is 58.3 Å². The number of ether oxygens (including phenoxy) is 1. The second-order valence-corrected chi connectivity index (χ2v) is 5.41. The average molecular weight is 426 g/mol. The number of guanidine groups is 1. The Kier molecular flexibility index (Phi) is 13.1. The zero-order chi connectivity index (χ0) is 14.6. The van der Waals surface area contributed by atoms with E-state index in [0.29, 0.717) is 0 Å². The molecule has 0 aliphatic heterocycles. The first-order valence-electron chi connectivity index (χ1n) is 6.89. The Balaban J connectivity index is 0.00000400. The molecule has 0 aliphatic rings. The maximum atomic E-state index is 5.06. The van der Waals surface area contributed by atoms with Crippen molar-refractivity contribution >= 4 is 41.3 Å². The standard InChI is InChI=1S/C14H26N4OS.HI/c1-15-14(17-11-13-5-10-20-12-13)16-6-4-7-18(2)8-9-19-3;/h5,10,12H,4,6-9,11H2,1-3H3,(H2,15,16,17);1H. The maximum Gasteiger partial charge on any atom is 0.191 e. The minimum absolute atomic E-state index is 0. The number of thiophene rings is 1. The first-order chi connectivity index (χ1) is 9.76. The van der Waals surface area contributed by atoms with Gasteiger partial charge < -0.3 is 20.3 Å². The molecule has 0 aromatic carbocycles. The number of halogens is 1. The predicted molar refractivity (Wildman–Crippen MR) is 102 cm³/mol. The quantitative estimate of drug-likeness (QED) is 0.275. The number of hydrogen-bond donors (Lipinski definition) is 2. The van der Waals surface area contributed by atoms with Gasteiger partial charge in [-0.25, -0.2) is 0 Å². The number of aliphatic imine (C=N–C) groups is 1. The monoisotopic (exact) mass is 426 g/mol. The van der Waals surface area contributed by atoms with Crippen molar-refractivity contribution in [1.29, 1.82) is 0 Å². The number of rotatable bonds is 9. The van der Waals surface area contributed by atoms with E-state index in [0.717, 1.165) is 45.2 Å². The molecule has 1 aromatic rings. The Bertz CT molecular complexity index is 373. The van der Waals surface area contributed by atoms with Crippen molar-refractivity contribution in [3.05, 3.63) is 22.4 Å². The second-order valence-electron chi connectivity index (χ2n) is 4.63. The summed E-state index contributed by atoms with van der Waals surface area (Å²) in [6.45, 7) is 4.55. The number of methoxy groups -OCH3 is 1. The lowest BCUT2D eigenvalue weighted by molar-refractivity contribution is 0.161. The highest BCUT2D eigenvalue weighted by atomic mass is 127. The summed E-state index contributed by atoms with van der Waals surface area (Å²) in [6.07, 6.45) is 1.08. The Morgan fingerprint density at radius 3 is 2.81 bits per heavy atom. The van der Waals surface area contributed by atoms with Gasteiger partial charge in [0, 0.05) is 33.8 Å². The third-order valence-electron chi connectivity index (χ3n) is 2.95. The van der Waals surface area contributed by atoms with E-state index in [9.17, 15) is 0 Å². The molecule has 0 spiro atoms. The van der Waals surface area contributed by atoms with Crippen LogP contribution in [-0.2, 0) is 11.3 Å². The molecule has 0 aliphatic carbocycles. The number of hydrogen-bond acceptors (Lipinski definition) is 4. The van der Waals surface area contributed by atoms with Crippen LogP contribution >= 0.6 is 35.3 Å². The molecular formula is C14H27IN4OS. The number of nitrogens with zero attached hydrogens (tertiary/aromatic N) is 2. The van der Waals surface area contributed by atoms with Crippen molar-refractivity contribution in [3.63, 3.8) is 0 Å². The normalized spacial score (nSPS) is 11.3. The van der Waals surface area contributed by atoms with Gasteiger partial charge in [0.25, 0.3) is 0 Å². The Hall–Kier alpha value is -0.380. The summed E-state index contributed by atoms with van der Waals surface area (Å²) in [7, 11) is 5.65. The van der Waals surface area contributed by atoms with Crippen LogP contribution in [0.1, 0.15) is 12.0 Å². The topological polar surface area (TPSA) is 48.9 Å². The van der Waals surface area contributed by atoms with E-state index in [1.54, 1.807) is 25.5 Å². The molecule has 0 fully saturated rings. The maximum absolute atomic E-state index is 5.06. The summed E-state index contributed by atoms with van der Waals surface area (Å²) < 4.78 is 5.06. The van der Waals surface area contributed by atoms with Crippen LogP contribution in [0.4, 0.5) is 0 Å². The minimum Gasteiger partial charge on any atom is -0.383 e. The third-order valence-corrected chi connectivity index (χ3v) is 3.68. The summed E-state index contributed by atoms with van der Waals surface area (Å²) in [6, 6.07) is 2.12. The summed E-state index contributed by atoms with van der Waals surface area (Å²) in [5.41, 5.74) is 1.29. The number of likely N-dealkylation sites (N-methyl/N-ethyl adjacent to an activating group) is 1. The van der Waals surface area contributed by atoms with Crippen LogP contribution < -0.4 is 10.6 Å². The van der Waals surface area contributed by atoms with Gasteiger partial charge in [0.2, 0.25) is 0 Å². The van der Waals surface area contributed by atoms with Crippen molar-refractivity contribution in [2.24, 2.45) is 4.99 Å². The van der Waals surface area contributed by atoms with E-state index in [-0.39, 0.29) is 24.0 Å². The highest BCUT2D eigenvalue weighted by molar-refractivity contribution is 14.0. The van der Waals surface area contributed by atoms with E-state index in [1.807, 2.05) is 0 Å². The summed E-state index contributed by atoms with van der Waals surface area (Å²) in [5, 5.41) is 10.9. The van der Waals surface area contributed by atoms with Crippen LogP contribution in [0.25, 0.3) is 0 Å². The smallest absolute Gasteiger partial charge is 0.191 e. The molecule has 7 heteroatoms. The Labute approximate surface area is 149 Å². The number of nitrogens with one attached hydrogen (secondary N) is 2. The van der Waals surface area contributed by atoms with Gasteiger partial charge in [0.05, 0.1) is 6.61 Å². The van der Waals surface area contributed by atoms with Crippen molar-refractivity contribution < 1.29 is 4.74 Å². The molecule has 0 radical (unpaired) electrons. The van der Waals surface area contributed by atoms with Gasteiger partial charge in [-0.15, -0.1) is 24.0 Å². The van der Waals surface area contributed by atoms with Gasteiger partial charge in [0.15, 0.2) is 5.96 Å². The zero-order valence-electron chi connectivity index (χ0n) is 13.1. The van der Waals surface area contributed by atoms with Crippen LogP contribution in [0.15, 0.2) is 21.8 Å². The van der Waals surface area contributed by atoms with Gasteiger partial charge in [0.1, 0.15) is 0 Å². The lowest BCUT2D eigenvalue weighted by atomic mass is 10.3. The molecule has 0 atom stereocenters. The van der Waals surface area contributed by atoms with E-state index in [2.05, 4.69) is 44.4 Å². The van der Waals surface area contributed by atoms with Crippen molar-refractivity contribution in [2.75, 3.05) is 47.4 Å². The Morgan fingerprint density at radius 2 is 2.19 bits per heavy atom. The minimum atomic E-state index is 0. The third kappa shape index (κ3) is 10.0. The molecule has 0 unspecified atom stereocenters. The van der Waals surface area contributed by atoms with Crippen LogP contribution in [0.3, 0.4) is 0 Å². The van der Waals surface area contributed by atoms with Crippen LogP contribution in [0, 0.1) is 0 Å². The van der Waals surface area contributed by atoms with Gasteiger partial charge in [-0.1, -0.05) is 0 Å². The highest BCUT2D eigenvalue weighted by Crippen LogP contribution is 2.04. The van der Waals surface area contributed by atoms with E-state index < -0.39 is 0 Å². The fourth-order valence-electron chi connectivity index (χ4n) is 1.71. The van der Waals surface area contributed by atoms with Crippen molar-refractivity contribution in [2.45, 2.75) is 13.0 Å². The molecule has 0 saturated carbocycles. The van der Waals surface area contributed by atoms with Gasteiger partial charge in [-0.3, -0.25) is 4.99 Å². The molecule has 21 heavy (non-hydrogen) atoms. The predicted octanol–water partition coefficient (Wildman–Crippen LogP) is 2.00. The summed E-state index contributed by atoms with van der Waals surface area (Å²) in [4.78, 5) is 6.49. The van der Waals surface area contributed by atoms with E-state index >= 15 is 0 Å². The second kappa shape index (κ2) is 13.3. The van der Waals surface area contributed by atoms with Crippen LogP contribution in [0.5, 0.6) is 0 Å². The van der Waals surface area contributed by atoms with E-state index in [4.69, 9.17) is 4.74 Å². The van der Waals surface area contributed by atoms with Gasteiger partial charge >= 0.3 is 0 Å². The average Bonchev–Trinajstić information content (AvgIpc) is 2.97. The molecule has 5 nitrogen and oxygen atoms in total. The molecule has 2 N–H and O–H groups in total. The first-order valence-corrected chi connectivity index (χ1v) is 7.83. The van der Waals surface area contributed by atoms with Gasteiger partial charge in [-0.2, -0.15) is 11.3 Å². The highest BCUT2D eigenvalue weighted by Gasteiger charge is 2.00. The van der Waals surface area contributed by atoms with Crippen molar-refractivity contribution in [3.8, 4) is 0 Å². The SMILES string of the molecule is CN=C(NCCCN(C)CCOC)NCc1ccsc1.I. The fraction of sp³-hybridized carbons (Fsp3) is 0.643. The molecule has 0 saturated heterocycles.